The third-order valence-corrected chi connectivity index (χ3v) is 3.91. The Labute approximate surface area is 124 Å². The van der Waals surface area contributed by atoms with E-state index in [4.69, 9.17) is 0 Å². The van der Waals surface area contributed by atoms with Crippen molar-refractivity contribution in [3.8, 4) is 0 Å². The maximum Gasteiger partial charge on any atom is 0.225 e. The number of hydrogen-bond acceptors (Lipinski definition) is 5. The number of hydrogen-bond donors (Lipinski definition) is 1. The lowest BCUT2D eigenvalue weighted by atomic mass is 9.97. The molecule has 1 aliphatic rings. The summed E-state index contributed by atoms with van der Waals surface area (Å²) in [6.45, 7) is 5.32. The van der Waals surface area contributed by atoms with Crippen molar-refractivity contribution in [2.75, 3.05) is 18.0 Å². The van der Waals surface area contributed by atoms with E-state index >= 15 is 0 Å². The number of anilines is 1. The lowest BCUT2D eigenvalue weighted by molar-refractivity contribution is 0.148. The van der Waals surface area contributed by atoms with Gasteiger partial charge in [-0.3, -0.25) is 4.98 Å². The second-order valence-electron chi connectivity index (χ2n) is 5.74. The van der Waals surface area contributed by atoms with Crippen LogP contribution in [-0.2, 0) is 6.42 Å². The lowest BCUT2D eigenvalue weighted by Crippen LogP contribution is -2.23. The van der Waals surface area contributed by atoms with Crippen LogP contribution in [0.3, 0.4) is 0 Å². The van der Waals surface area contributed by atoms with Crippen molar-refractivity contribution in [3.05, 3.63) is 47.5 Å². The molecule has 1 fully saturated rings. The summed E-state index contributed by atoms with van der Waals surface area (Å²) in [6.07, 6.45) is 4.09. The molecule has 0 radical (unpaired) electrons. The van der Waals surface area contributed by atoms with E-state index < -0.39 is 0 Å². The van der Waals surface area contributed by atoms with E-state index in [1.165, 1.54) is 5.56 Å². The molecule has 3 heterocycles. The van der Waals surface area contributed by atoms with Gasteiger partial charge in [0.05, 0.1) is 6.10 Å². The molecule has 0 aromatic carbocycles. The fourth-order valence-corrected chi connectivity index (χ4v) is 2.89. The Kier molecular flexibility index (Phi) is 3.84. The average molecular weight is 284 g/mol. The van der Waals surface area contributed by atoms with E-state index in [1.54, 1.807) is 12.4 Å². The fourth-order valence-electron chi connectivity index (χ4n) is 2.89. The van der Waals surface area contributed by atoms with Gasteiger partial charge in [-0.2, -0.15) is 0 Å². The van der Waals surface area contributed by atoms with E-state index in [0.717, 1.165) is 30.3 Å². The highest BCUT2D eigenvalue weighted by Crippen LogP contribution is 2.24. The van der Waals surface area contributed by atoms with Crippen molar-refractivity contribution >= 4 is 5.95 Å². The Hall–Kier alpha value is -2.01. The molecule has 5 nitrogen and oxygen atoms in total. The minimum atomic E-state index is -0.345. The van der Waals surface area contributed by atoms with Crippen LogP contribution in [0.15, 0.2) is 30.6 Å². The molecular formula is C16H20N4O. The Bertz CT molecular complexity index is 597. The van der Waals surface area contributed by atoms with E-state index in [1.807, 2.05) is 32.0 Å². The number of aliphatic hydroxyl groups excluding tert-OH is 1. The monoisotopic (exact) mass is 284 g/mol. The molecule has 1 aliphatic heterocycles. The van der Waals surface area contributed by atoms with Gasteiger partial charge in [-0.25, -0.2) is 9.97 Å². The SMILES string of the molecule is Cc1cc(C)nc(N2C[C@@H](Cc3ccncc3)[C@@H](O)C2)n1. The van der Waals surface area contributed by atoms with E-state index in [0.29, 0.717) is 6.54 Å². The predicted octanol–water partition coefficient (Wildman–Crippen LogP) is 1.53. The molecule has 0 bridgehead atoms. The topological polar surface area (TPSA) is 62.1 Å². The lowest BCUT2D eigenvalue weighted by Gasteiger charge is -2.16. The molecule has 0 spiro atoms. The van der Waals surface area contributed by atoms with Gasteiger partial charge in [-0.1, -0.05) is 0 Å². The van der Waals surface area contributed by atoms with Crippen molar-refractivity contribution in [1.82, 2.24) is 15.0 Å². The highest BCUT2D eigenvalue weighted by atomic mass is 16.3. The molecule has 2 aromatic heterocycles. The molecule has 1 saturated heterocycles. The predicted molar refractivity (Wildman–Crippen MR) is 81.2 cm³/mol. The standard InChI is InChI=1S/C16H20N4O/c1-11-7-12(2)19-16(18-11)20-9-14(15(21)10-20)8-13-3-5-17-6-4-13/h3-7,14-15,21H,8-10H2,1-2H3/t14-,15+/m1/s1. The van der Waals surface area contributed by atoms with Crippen molar-refractivity contribution in [2.24, 2.45) is 5.92 Å². The maximum absolute atomic E-state index is 10.3. The van der Waals surface area contributed by atoms with Gasteiger partial charge in [0, 0.05) is 42.8 Å². The van der Waals surface area contributed by atoms with Crippen LogP contribution in [0, 0.1) is 19.8 Å². The Morgan fingerprint density at radius 1 is 1.14 bits per heavy atom. The molecular weight excluding hydrogens is 264 g/mol. The van der Waals surface area contributed by atoms with Crippen LogP contribution >= 0.6 is 0 Å². The first-order valence-corrected chi connectivity index (χ1v) is 7.26. The summed E-state index contributed by atoms with van der Waals surface area (Å²) in [5.41, 5.74) is 3.13. The van der Waals surface area contributed by atoms with Crippen LogP contribution in [0.25, 0.3) is 0 Å². The van der Waals surface area contributed by atoms with Gasteiger partial charge < -0.3 is 10.0 Å². The first-order valence-electron chi connectivity index (χ1n) is 7.26. The summed E-state index contributed by atoms with van der Waals surface area (Å²) < 4.78 is 0. The van der Waals surface area contributed by atoms with E-state index in [-0.39, 0.29) is 12.0 Å². The Morgan fingerprint density at radius 2 is 1.81 bits per heavy atom. The molecule has 2 aromatic rings. The van der Waals surface area contributed by atoms with Gasteiger partial charge in [-0.15, -0.1) is 0 Å². The Balaban J connectivity index is 1.73. The number of aryl methyl sites for hydroxylation is 2. The average Bonchev–Trinajstić information content (AvgIpc) is 2.80. The highest BCUT2D eigenvalue weighted by molar-refractivity contribution is 5.35. The zero-order chi connectivity index (χ0) is 14.8. The van der Waals surface area contributed by atoms with Gasteiger partial charge in [0.1, 0.15) is 0 Å². The van der Waals surface area contributed by atoms with Crippen molar-refractivity contribution in [1.29, 1.82) is 0 Å². The third-order valence-electron chi connectivity index (χ3n) is 3.91. The van der Waals surface area contributed by atoms with Crippen molar-refractivity contribution in [3.63, 3.8) is 0 Å². The summed E-state index contributed by atoms with van der Waals surface area (Å²) in [6, 6.07) is 5.97. The molecule has 5 heteroatoms. The van der Waals surface area contributed by atoms with Gasteiger partial charge in [-0.05, 0) is 44.0 Å². The molecule has 2 atom stereocenters. The number of pyridine rings is 1. The van der Waals surface area contributed by atoms with Gasteiger partial charge in [0.15, 0.2) is 0 Å². The zero-order valence-corrected chi connectivity index (χ0v) is 12.4. The summed E-state index contributed by atoms with van der Waals surface area (Å²) >= 11 is 0. The minimum absolute atomic E-state index is 0.205. The number of aromatic nitrogens is 3. The Morgan fingerprint density at radius 3 is 2.48 bits per heavy atom. The molecule has 1 N–H and O–H groups in total. The number of rotatable bonds is 3. The number of nitrogens with zero attached hydrogens (tertiary/aromatic N) is 4. The maximum atomic E-state index is 10.3. The van der Waals surface area contributed by atoms with Crippen LogP contribution in [0.4, 0.5) is 5.95 Å². The molecule has 110 valence electrons. The van der Waals surface area contributed by atoms with Crippen molar-refractivity contribution in [2.45, 2.75) is 26.4 Å². The first-order chi connectivity index (χ1) is 10.1. The second-order valence-corrected chi connectivity index (χ2v) is 5.74. The summed E-state index contributed by atoms with van der Waals surface area (Å²) in [5.74, 6) is 0.931. The second kappa shape index (κ2) is 5.77. The molecule has 21 heavy (non-hydrogen) atoms. The fraction of sp³-hybridized carbons (Fsp3) is 0.438. The summed E-state index contributed by atoms with van der Waals surface area (Å²) in [7, 11) is 0. The van der Waals surface area contributed by atoms with Crippen LogP contribution in [-0.4, -0.2) is 39.3 Å². The third kappa shape index (κ3) is 3.19. The zero-order valence-electron chi connectivity index (χ0n) is 12.4. The normalized spacial score (nSPS) is 21.8. The summed E-state index contributed by atoms with van der Waals surface area (Å²) in [5, 5.41) is 10.3. The number of aliphatic hydroxyl groups is 1. The van der Waals surface area contributed by atoms with E-state index in [2.05, 4.69) is 19.9 Å². The van der Waals surface area contributed by atoms with Crippen LogP contribution in [0.2, 0.25) is 0 Å². The quantitative estimate of drug-likeness (QED) is 0.926. The molecule has 0 amide bonds. The summed E-state index contributed by atoms with van der Waals surface area (Å²) in [4.78, 5) is 15.1. The van der Waals surface area contributed by atoms with E-state index in [9.17, 15) is 5.11 Å². The van der Waals surface area contributed by atoms with Gasteiger partial charge in [0.25, 0.3) is 0 Å². The smallest absolute Gasteiger partial charge is 0.225 e. The van der Waals surface area contributed by atoms with Gasteiger partial charge in [0.2, 0.25) is 5.95 Å². The molecule has 0 aliphatic carbocycles. The first kappa shape index (κ1) is 13.9. The largest absolute Gasteiger partial charge is 0.391 e. The van der Waals surface area contributed by atoms with Gasteiger partial charge >= 0.3 is 0 Å². The van der Waals surface area contributed by atoms with Crippen LogP contribution in [0.1, 0.15) is 17.0 Å². The van der Waals surface area contributed by atoms with Crippen molar-refractivity contribution < 1.29 is 5.11 Å². The van der Waals surface area contributed by atoms with Crippen LogP contribution in [0.5, 0.6) is 0 Å². The number of β-amino-alcohol motifs (C(OH)–C–C–N with tert-alkyl or cyclic N) is 1. The minimum Gasteiger partial charge on any atom is -0.391 e. The highest BCUT2D eigenvalue weighted by Gasteiger charge is 2.32. The van der Waals surface area contributed by atoms with Crippen LogP contribution < -0.4 is 4.90 Å². The molecule has 3 rings (SSSR count). The molecule has 0 saturated carbocycles. The molecule has 0 unspecified atom stereocenters.